The van der Waals surface area contributed by atoms with Crippen LogP contribution in [0.1, 0.15) is 145 Å². The average molecular weight is 682 g/mol. The highest BCUT2D eigenvalue weighted by molar-refractivity contribution is 5.98. The highest BCUT2D eigenvalue weighted by Crippen LogP contribution is 2.39. The van der Waals surface area contributed by atoms with Crippen LogP contribution in [0.4, 0.5) is 17.6 Å². The summed E-state index contributed by atoms with van der Waals surface area (Å²) in [5.41, 5.74) is 4.19. The van der Waals surface area contributed by atoms with Gasteiger partial charge in [-0.15, -0.1) is 0 Å². The molecule has 5 nitrogen and oxygen atoms in total. The number of carbonyl (C=O) groups is 1. The first kappa shape index (κ1) is 47.2. The van der Waals surface area contributed by atoms with Gasteiger partial charge in [0.2, 0.25) is 0 Å². The van der Waals surface area contributed by atoms with Crippen molar-refractivity contribution in [1.29, 1.82) is 10.8 Å². The SMILES string of the molecule is CC.CC=N.CCC(C)C=N.CCCC(=O)c1cc(CNCC(C)C)cc(C(F)F)c1CC.Cc1cccc(C2CC(OC(F)F)C2)c1. The van der Waals surface area contributed by atoms with Gasteiger partial charge in [0.25, 0.3) is 6.43 Å². The zero-order chi connectivity index (χ0) is 37.2. The predicted molar refractivity (Wildman–Crippen MR) is 195 cm³/mol. The van der Waals surface area contributed by atoms with Crippen LogP contribution in [-0.4, -0.2) is 37.5 Å². The van der Waals surface area contributed by atoms with Crippen LogP contribution in [0, 0.1) is 29.6 Å². The van der Waals surface area contributed by atoms with E-state index in [1.54, 1.807) is 19.1 Å². The van der Waals surface area contributed by atoms with Gasteiger partial charge < -0.3 is 20.9 Å². The van der Waals surface area contributed by atoms with Gasteiger partial charge in [-0.25, -0.2) is 8.78 Å². The van der Waals surface area contributed by atoms with E-state index < -0.39 is 13.0 Å². The van der Waals surface area contributed by atoms with Gasteiger partial charge in [-0.1, -0.05) is 85.2 Å². The maximum Gasteiger partial charge on any atom is 0.345 e. The van der Waals surface area contributed by atoms with Gasteiger partial charge >= 0.3 is 6.61 Å². The van der Waals surface area contributed by atoms with Crippen molar-refractivity contribution in [3.63, 3.8) is 0 Å². The third kappa shape index (κ3) is 19.8. The molecule has 0 aromatic heterocycles. The molecule has 0 spiro atoms. The maximum atomic E-state index is 13.3. The van der Waals surface area contributed by atoms with Crippen molar-refractivity contribution in [3.8, 4) is 0 Å². The Balaban J connectivity index is 0. The van der Waals surface area contributed by atoms with Crippen molar-refractivity contribution in [2.24, 2.45) is 11.8 Å². The van der Waals surface area contributed by atoms with Crippen LogP contribution in [0.25, 0.3) is 0 Å². The number of carbonyl (C=O) groups excluding carboxylic acids is 1. The summed E-state index contributed by atoms with van der Waals surface area (Å²) in [7, 11) is 0. The highest BCUT2D eigenvalue weighted by atomic mass is 19.3. The lowest BCUT2D eigenvalue weighted by Gasteiger charge is -2.35. The monoisotopic (exact) mass is 681 g/mol. The molecule has 3 N–H and O–H groups in total. The number of rotatable bonds is 14. The zero-order valence-corrected chi connectivity index (χ0v) is 31.1. The number of Topliss-reactive ketones (excluding diaryl/α,β-unsaturated/α-hetero) is 1. The van der Waals surface area contributed by atoms with Crippen LogP contribution < -0.4 is 5.32 Å². The van der Waals surface area contributed by atoms with Gasteiger partial charge in [0.1, 0.15) is 0 Å². The van der Waals surface area contributed by atoms with Gasteiger partial charge in [-0.2, -0.15) is 8.78 Å². The normalized spacial score (nSPS) is 15.3. The van der Waals surface area contributed by atoms with Crippen LogP contribution in [0.5, 0.6) is 0 Å². The van der Waals surface area contributed by atoms with Crippen LogP contribution in [-0.2, 0) is 17.7 Å². The Labute approximate surface area is 288 Å². The predicted octanol–water partition coefficient (Wildman–Crippen LogP) is 11.8. The van der Waals surface area contributed by atoms with Gasteiger partial charge in [0.15, 0.2) is 5.78 Å². The summed E-state index contributed by atoms with van der Waals surface area (Å²) in [5, 5.41) is 16.0. The molecular weight excluding hydrogens is 618 g/mol. The average Bonchev–Trinajstić information content (AvgIpc) is 3.03. The third-order valence-electron chi connectivity index (χ3n) is 7.42. The van der Waals surface area contributed by atoms with E-state index in [-0.39, 0.29) is 17.5 Å². The van der Waals surface area contributed by atoms with Gasteiger partial charge in [0, 0.05) is 24.1 Å². The van der Waals surface area contributed by atoms with E-state index in [9.17, 15) is 22.4 Å². The number of alkyl halides is 4. The first-order chi connectivity index (χ1) is 22.8. The number of ketones is 1. The molecule has 0 saturated heterocycles. The van der Waals surface area contributed by atoms with Crippen molar-refractivity contribution < 1.29 is 27.1 Å². The molecule has 3 rings (SSSR count). The van der Waals surface area contributed by atoms with E-state index in [0.29, 0.717) is 61.1 Å². The van der Waals surface area contributed by atoms with Gasteiger partial charge in [-0.05, 0) is 112 Å². The van der Waals surface area contributed by atoms with Crippen LogP contribution in [0.3, 0.4) is 0 Å². The lowest BCUT2D eigenvalue weighted by atomic mass is 9.77. The molecule has 0 heterocycles. The number of hydrogen-bond acceptors (Lipinski definition) is 5. The molecule has 1 unspecified atom stereocenters. The van der Waals surface area contributed by atoms with E-state index in [1.165, 1.54) is 23.6 Å². The smallest absolute Gasteiger partial charge is 0.320 e. The highest BCUT2D eigenvalue weighted by Gasteiger charge is 2.32. The minimum atomic E-state index is -2.63. The summed E-state index contributed by atoms with van der Waals surface area (Å²) in [6.45, 7) is 18.4. The molecule has 1 aliphatic carbocycles. The fraction of sp³-hybridized carbons (Fsp3) is 0.615. The minimum absolute atomic E-state index is 0.00537. The Morgan fingerprint density at radius 1 is 1.02 bits per heavy atom. The Kier molecular flexibility index (Phi) is 27.5. The summed E-state index contributed by atoms with van der Waals surface area (Å²) in [5.74, 6) is 1.33. The van der Waals surface area contributed by atoms with Crippen LogP contribution in [0.15, 0.2) is 36.4 Å². The molecule has 2 aromatic carbocycles. The lowest BCUT2D eigenvalue weighted by molar-refractivity contribution is -0.184. The second-order valence-electron chi connectivity index (χ2n) is 12.0. The molecule has 9 heteroatoms. The fourth-order valence-corrected chi connectivity index (χ4v) is 4.70. The van der Waals surface area contributed by atoms with Crippen molar-refractivity contribution >= 4 is 18.2 Å². The Morgan fingerprint density at radius 2 is 1.62 bits per heavy atom. The summed E-state index contributed by atoms with van der Waals surface area (Å²) in [6, 6.07) is 11.5. The second kappa shape index (κ2) is 28.0. The van der Waals surface area contributed by atoms with Gasteiger partial charge in [0.05, 0.1) is 6.10 Å². The quantitative estimate of drug-likeness (QED) is 0.105. The molecule has 1 atom stereocenters. The molecule has 1 fully saturated rings. The summed E-state index contributed by atoms with van der Waals surface area (Å²) >= 11 is 0. The molecular formula is C39H63F4N3O2. The molecule has 2 aromatic rings. The molecule has 0 amide bonds. The first-order valence-corrected chi connectivity index (χ1v) is 17.4. The van der Waals surface area contributed by atoms with Gasteiger partial charge in [-0.3, -0.25) is 4.79 Å². The maximum absolute atomic E-state index is 13.3. The molecule has 0 aliphatic heterocycles. The molecule has 0 bridgehead atoms. The lowest BCUT2D eigenvalue weighted by Crippen LogP contribution is -2.31. The van der Waals surface area contributed by atoms with Crippen molar-refractivity contribution in [1.82, 2.24) is 5.32 Å². The van der Waals surface area contributed by atoms with E-state index >= 15 is 0 Å². The van der Waals surface area contributed by atoms with E-state index in [1.807, 2.05) is 53.7 Å². The second-order valence-corrected chi connectivity index (χ2v) is 12.0. The third-order valence-corrected chi connectivity index (χ3v) is 7.42. The zero-order valence-electron chi connectivity index (χ0n) is 31.1. The standard InChI is InChI=1S/C18H27F2NO.C12H14F2O.C5H11N.C2H5N.C2H6/c1-5-7-17(22)15-8-13(11-21-10-12(3)4)9-16(18(19)20)14(15)6-2;1-8-3-2-4-9(5-8)10-6-11(7-10)15-12(13)14;1-3-5(2)4-6;1-2-3;1-2/h8-9,12,18,21H,5-7,10-11H2,1-4H3;2-5,10-12H,6-7H2,1H3;4-6H,3H2,1-2H3;2-3H,1H3;1-2H3. The van der Waals surface area contributed by atoms with Crippen LogP contribution >= 0.6 is 0 Å². The first-order valence-electron chi connectivity index (χ1n) is 17.4. The molecule has 1 saturated carbocycles. The Bertz CT molecular complexity index is 1150. The summed E-state index contributed by atoms with van der Waals surface area (Å²) < 4.78 is 54.9. The van der Waals surface area contributed by atoms with E-state index in [4.69, 9.17) is 10.8 Å². The van der Waals surface area contributed by atoms with E-state index in [2.05, 4.69) is 43.0 Å². The number of benzene rings is 2. The topological polar surface area (TPSA) is 86.0 Å². The van der Waals surface area contributed by atoms with Crippen molar-refractivity contribution in [2.75, 3.05) is 6.54 Å². The Morgan fingerprint density at radius 3 is 2.04 bits per heavy atom. The van der Waals surface area contributed by atoms with Crippen molar-refractivity contribution in [2.45, 2.75) is 139 Å². The van der Waals surface area contributed by atoms with Crippen LogP contribution in [0.2, 0.25) is 0 Å². The molecule has 48 heavy (non-hydrogen) atoms. The number of nitrogens with one attached hydrogen (secondary N) is 3. The fourth-order valence-electron chi connectivity index (χ4n) is 4.70. The number of hydrogen-bond donors (Lipinski definition) is 3. The molecule has 0 radical (unpaired) electrons. The number of aryl methyl sites for hydroxylation is 1. The van der Waals surface area contributed by atoms with Crippen molar-refractivity contribution in [3.05, 3.63) is 69.8 Å². The minimum Gasteiger partial charge on any atom is -0.320 e. The summed E-state index contributed by atoms with van der Waals surface area (Å²) in [4.78, 5) is 12.3. The van der Waals surface area contributed by atoms with E-state index in [0.717, 1.165) is 24.9 Å². The summed E-state index contributed by atoms with van der Waals surface area (Å²) in [6.07, 6.45) is 4.01. The largest absolute Gasteiger partial charge is 0.345 e. The molecule has 1 aliphatic rings. The number of ether oxygens (including phenoxy) is 1. The number of halogens is 4. The Hall–Kier alpha value is -2.91. The molecule has 274 valence electrons.